The highest BCUT2D eigenvalue weighted by Gasteiger charge is 2.44. The Morgan fingerprint density at radius 2 is 1.29 bits per heavy atom. The van der Waals surface area contributed by atoms with Gasteiger partial charge in [-0.25, -0.2) is 0 Å². The van der Waals surface area contributed by atoms with E-state index in [4.69, 9.17) is 17.2 Å². The number of carbonyl (C=O) groups excluding carboxylic acids is 6. The standard InChI is InChI=1S/C47H59N9O6/c1-2-12-41(58)56-47(24-22-35(23-25-47)33-15-7-4-8-16-33)45(62)55-39(28-31-13-5-3-6-14-31)44(61)53-37(19-11-26-51-46(49)50)43(60)54-38(42(59)52-30-40(48)57)29-32-20-21-34-17-9-10-18-36(34)27-32/h3-10,13-18,20-21,27,35,37-39H,2,11-12,19,22-26,28-30H2,1H3,(H2,48,57)(H,52,59)(H,53,61)(H,54,60)(H,55,62)(H,56,58)(H4,49,50,51)/t35?,37?,38-,39?,47?/m0/s1. The number of guanidine groups is 1. The number of primary amides is 1. The van der Waals surface area contributed by atoms with Gasteiger partial charge < -0.3 is 43.8 Å². The van der Waals surface area contributed by atoms with Crippen LogP contribution in [0.1, 0.15) is 80.9 Å². The summed E-state index contributed by atoms with van der Waals surface area (Å²) >= 11 is 0. The molecule has 0 heterocycles. The van der Waals surface area contributed by atoms with Gasteiger partial charge in [-0.2, -0.15) is 0 Å². The smallest absolute Gasteiger partial charge is 0.246 e. The number of aliphatic imine (C=N–C) groups is 1. The maximum absolute atomic E-state index is 14.6. The number of amides is 6. The largest absolute Gasteiger partial charge is 0.370 e. The van der Waals surface area contributed by atoms with E-state index >= 15 is 0 Å². The minimum atomic E-state index is -1.27. The fourth-order valence-electron chi connectivity index (χ4n) is 7.92. The fraction of sp³-hybridized carbons (Fsp3) is 0.383. The van der Waals surface area contributed by atoms with E-state index in [1.54, 1.807) is 0 Å². The molecule has 2 unspecified atom stereocenters. The van der Waals surface area contributed by atoms with Gasteiger partial charge in [0.1, 0.15) is 23.7 Å². The minimum Gasteiger partial charge on any atom is -0.370 e. The first-order chi connectivity index (χ1) is 29.9. The molecule has 11 N–H and O–H groups in total. The van der Waals surface area contributed by atoms with Crippen molar-refractivity contribution in [2.24, 2.45) is 22.2 Å². The molecule has 5 rings (SSSR count). The number of hydrogen-bond acceptors (Lipinski definition) is 7. The lowest BCUT2D eigenvalue weighted by Crippen LogP contribution is -2.64. The molecule has 0 aliphatic heterocycles. The molecule has 4 aromatic carbocycles. The molecule has 0 aromatic heterocycles. The Morgan fingerprint density at radius 3 is 1.95 bits per heavy atom. The molecule has 6 amide bonds. The van der Waals surface area contributed by atoms with E-state index in [1.165, 1.54) is 0 Å². The summed E-state index contributed by atoms with van der Waals surface area (Å²) in [6, 6.07) is 29.0. The van der Waals surface area contributed by atoms with Gasteiger partial charge in [-0.15, -0.1) is 0 Å². The molecule has 15 heteroatoms. The summed E-state index contributed by atoms with van der Waals surface area (Å²) in [6.45, 7) is 1.59. The molecule has 328 valence electrons. The zero-order chi connectivity index (χ0) is 44.5. The third kappa shape index (κ3) is 13.6. The molecule has 0 radical (unpaired) electrons. The third-order valence-electron chi connectivity index (χ3n) is 11.2. The molecular weight excluding hydrogens is 787 g/mol. The van der Waals surface area contributed by atoms with Crippen LogP contribution in [0.25, 0.3) is 10.8 Å². The quantitative estimate of drug-likeness (QED) is 0.0351. The predicted molar refractivity (Wildman–Crippen MR) is 239 cm³/mol. The first kappa shape index (κ1) is 46.3. The van der Waals surface area contributed by atoms with Gasteiger partial charge in [0.2, 0.25) is 35.4 Å². The van der Waals surface area contributed by atoms with E-state index in [1.807, 2.05) is 97.9 Å². The molecule has 0 bridgehead atoms. The lowest BCUT2D eigenvalue weighted by molar-refractivity contribution is -0.138. The average Bonchev–Trinajstić information content (AvgIpc) is 3.26. The van der Waals surface area contributed by atoms with Crippen molar-refractivity contribution in [3.63, 3.8) is 0 Å². The molecule has 1 aliphatic rings. The highest BCUT2D eigenvalue weighted by Crippen LogP contribution is 2.38. The van der Waals surface area contributed by atoms with Crippen LogP contribution in [-0.2, 0) is 41.6 Å². The van der Waals surface area contributed by atoms with E-state index in [9.17, 15) is 28.8 Å². The summed E-state index contributed by atoms with van der Waals surface area (Å²) in [4.78, 5) is 85.7. The van der Waals surface area contributed by atoms with Crippen LogP contribution in [0.2, 0.25) is 0 Å². The Morgan fingerprint density at radius 1 is 0.694 bits per heavy atom. The Bertz CT molecular complexity index is 2190. The van der Waals surface area contributed by atoms with Crippen LogP contribution >= 0.6 is 0 Å². The van der Waals surface area contributed by atoms with Crippen LogP contribution in [0, 0.1) is 0 Å². The number of carbonyl (C=O) groups is 6. The van der Waals surface area contributed by atoms with E-state index in [-0.39, 0.29) is 56.4 Å². The highest BCUT2D eigenvalue weighted by molar-refractivity contribution is 5.97. The second kappa shape index (κ2) is 22.7. The summed E-state index contributed by atoms with van der Waals surface area (Å²) in [5.41, 5.74) is 17.8. The molecule has 1 saturated carbocycles. The van der Waals surface area contributed by atoms with Crippen molar-refractivity contribution in [3.05, 3.63) is 120 Å². The molecule has 3 atom stereocenters. The third-order valence-corrected chi connectivity index (χ3v) is 11.2. The molecule has 1 aliphatic carbocycles. The lowest BCUT2D eigenvalue weighted by Gasteiger charge is -2.40. The van der Waals surface area contributed by atoms with Crippen LogP contribution in [0.5, 0.6) is 0 Å². The fourth-order valence-corrected chi connectivity index (χ4v) is 7.92. The summed E-state index contributed by atoms with van der Waals surface area (Å²) in [5.74, 6) is -3.43. The Labute approximate surface area is 362 Å². The average molecular weight is 846 g/mol. The van der Waals surface area contributed by atoms with Crippen LogP contribution < -0.4 is 43.8 Å². The molecule has 62 heavy (non-hydrogen) atoms. The van der Waals surface area contributed by atoms with Crippen molar-refractivity contribution in [1.82, 2.24) is 26.6 Å². The Balaban J connectivity index is 1.41. The molecule has 0 spiro atoms. The number of rotatable bonds is 21. The molecule has 15 nitrogen and oxygen atoms in total. The zero-order valence-electron chi connectivity index (χ0n) is 35.2. The van der Waals surface area contributed by atoms with Gasteiger partial charge in [0.15, 0.2) is 5.96 Å². The first-order valence-corrected chi connectivity index (χ1v) is 21.3. The molecular formula is C47H59N9O6. The Hall–Kier alpha value is -6.77. The van der Waals surface area contributed by atoms with Crippen LogP contribution in [0.15, 0.2) is 108 Å². The topological polar surface area (TPSA) is 253 Å². The zero-order valence-corrected chi connectivity index (χ0v) is 35.2. The van der Waals surface area contributed by atoms with Crippen molar-refractivity contribution >= 4 is 52.2 Å². The maximum Gasteiger partial charge on any atom is 0.246 e. The monoisotopic (exact) mass is 845 g/mol. The van der Waals surface area contributed by atoms with Gasteiger partial charge in [-0.3, -0.25) is 33.8 Å². The number of benzene rings is 4. The normalized spacial score (nSPS) is 17.3. The van der Waals surface area contributed by atoms with E-state index in [0.29, 0.717) is 32.1 Å². The number of nitrogens with one attached hydrogen (secondary N) is 5. The summed E-state index contributed by atoms with van der Waals surface area (Å²) in [7, 11) is 0. The second-order valence-corrected chi connectivity index (χ2v) is 15.9. The van der Waals surface area contributed by atoms with Crippen LogP contribution in [0.4, 0.5) is 0 Å². The van der Waals surface area contributed by atoms with Gasteiger partial charge in [-0.05, 0) is 78.3 Å². The summed E-state index contributed by atoms with van der Waals surface area (Å²) in [5, 5.41) is 16.1. The maximum atomic E-state index is 14.6. The molecule has 1 fully saturated rings. The van der Waals surface area contributed by atoms with Crippen molar-refractivity contribution < 1.29 is 28.8 Å². The van der Waals surface area contributed by atoms with E-state index in [0.717, 1.165) is 27.5 Å². The number of nitrogens with zero attached hydrogens (tertiary/aromatic N) is 1. The first-order valence-electron chi connectivity index (χ1n) is 21.3. The highest BCUT2D eigenvalue weighted by atomic mass is 16.2. The van der Waals surface area contributed by atoms with Crippen molar-refractivity contribution in [2.75, 3.05) is 13.1 Å². The minimum absolute atomic E-state index is 0.0550. The molecule has 0 saturated heterocycles. The second-order valence-electron chi connectivity index (χ2n) is 15.9. The number of hydrogen-bond donors (Lipinski definition) is 8. The van der Waals surface area contributed by atoms with Crippen molar-refractivity contribution in [2.45, 2.75) is 101 Å². The summed E-state index contributed by atoms with van der Waals surface area (Å²) in [6.07, 6.45) is 3.30. The Kier molecular flexibility index (Phi) is 17.0. The van der Waals surface area contributed by atoms with Crippen molar-refractivity contribution in [3.8, 4) is 0 Å². The summed E-state index contributed by atoms with van der Waals surface area (Å²) < 4.78 is 0. The number of fused-ring (bicyclic) bond motifs is 1. The van der Waals surface area contributed by atoms with Crippen LogP contribution in [0.3, 0.4) is 0 Å². The van der Waals surface area contributed by atoms with Gasteiger partial charge in [0.05, 0.1) is 6.54 Å². The SMILES string of the molecule is CCCC(=O)NC1(C(=O)NC(Cc2ccccc2)C(=O)NC(CCCN=C(N)N)C(=O)N[C@@H](Cc2ccc3ccccc3c2)C(=O)NCC(N)=O)CCC(c2ccccc2)CC1. The van der Waals surface area contributed by atoms with Gasteiger partial charge >= 0.3 is 0 Å². The van der Waals surface area contributed by atoms with E-state index in [2.05, 4.69) is 43.7 Å². The van der Waals surface area contributed by atoms with Gasteiger partial charge in [-0.1, -0.05) is 110 Å². The predicted octanol–water partition coefficient (Wildman–Crippen LogP) is 2.75. The van der Waals surface area contributed by atoms with E-state index < -0.39 is 59.7 Å². The van der Waals surface area contributed by atoms with Gasteiger partial charge in [0.25, 0.3) is 0 Å². The lowest BCUT2D eigenvalue weighted by atomic mass is 9.73. The molecule has 4 aromatic rings. The van der Waals surface area contributed by atoms with Gasteiger partial charge in [0, 0.05) is 25.8 Å². The van der Waals surface area contributed by atoms with Crippen LogP contribution in [-0.4, -0.2) is 78.2 Å². The number of nitrogens with two attached hydrogens (primary N) is 3. The van der Waals surface area contributed by atoms with Crippen molar-refractivity contribution in [1.29, 1.82) is 0 Å².